The van der Waals surface area contributed by atoms with Crippen LogP contribution >= 0.6 is 23.8 Å². The Balaban J connectivity index is 1.52. The van der Waals surface area contributed by atoms with E-state index in [1.54, 1.807) is 11.1 Å². The highest BCUT2D eigenvalue weighted by Gasteiger charge is 2.57. The van der Waals surface area contributed by atoms with Crippen molar-refractivity contribution in [3.05, 3.63) is 34.9 Å². The standard InChI is InChI=1S/C29H46B2O3S2/c1-6-29(32,7-2)15-8-9-19(3)23-12-13-24-22-11-10-20-17-21(33-35-30)18-26(34-36-31)28(20,5)25(22)14-16-27(23,24)4/h10-12,19,21,24-26,30-32H,6-9,13-18H2,1-5H3/t19-,21-,24?,25?,26+,27-,28+/m1/s1/i30T,31T. The maximum Gasteiger partial charge on any atom is 0.209 e. The molecule has 4 rings (SSSR count). The van der Waals surface area contributed by atoms with Gasteiger partial charge in [0.15, 0.2) is 0 Å². The van der Waals surface area contributed by atoms with Gasteiger partial charge in [-0.2, -0.15) is 0 Å². The summed E-state index contributed by atoms with van der Waals surface area (Å²) in [4.78, 5) is 0. The van der Waals surface area contributed by atoms with Crippen LogP contribution in [0.25, 0.3) is 0 Å². The van der Waals surface area contributed by atoms with Crippen LogP contribution < -0.4 is 0 Å². The lowest BCUT2D eigenvalue weighted by Gasteiger charge is -2.57. The van der Waals surface area contributed by atoms with Gasteiger partial charge in [0.2, 0.25) is 14.2 Å². The summed E-state index contributed by atoms with van der Waals surface area (Å²) in [5.41, 5.74) is 4.23. The molecule has 2 radical (unpaired) electrons. The van der Waals surface area contributed by atoms with E-state index in [2.05, 4.69) is 52.8 Å². The van der Waals surface area contributed by atoms with Crippen LogP contribution in [0, 0.1) is 28.6 Å². The molecule has 36 heavy (non-hydrogen) atoms. The molecule has 1 N–H and O–H groups in total. The number of fused-ring (bicyclic) bond motifs is 5. The third kappa shape index (κ3) is 5.10. The Hall–Kier alpha value is -0.0701. The van der Waals surface area contributed by atoms with Crippen molar-refractivity contribution in [3.63, 3.8) is 0 Å². The van der Waals surface area contributed by atoms with Crippen LogP contribution in [0.3, 0.4) is 0 Å². The Morgan fingerprint density at radius 2 is 1.94 bits per heavy atom. The Bertz CT molecular complexity index is 927. The van der Waals surface area contributed by atoms with Crippen LogP contribution in [-0.4, -0.2) is 39.8 Å². The fourth-order valence-electron chi connectivity index (χ4n) is 8.24. The molecule has 2 fully saturated rings. The maximum atomic E-state index is 10.8. The third-order valence-electron chi connectivity index (χ3n) is 10.7. The Kier molecular flexibility index (Phi) is 8.42. The number of rotatable bonds is 13. The van der Waals surface area contributed by atoms with E-state index in [9.17, 15) is 5.11 Å². The van der Waals surface area contributed by atoms with E-state index in [1.807, 2.05) is 0 Å². The van der Waals surface area contributed by atoms with Gasteiger partial charge in [0.25, 0.3) is 0 Å². The zero-order valence-electron chi connectivity index (χ0n) is 24.9. The fourth-order valence-corrected chi connectivity index (χ4v) is 8.96. The zero-order chi connectivity index (χ0) is 27.6. The largest absolute Gasteiger partial charge is 0.390 e. The molecule has 4 aliphatic rings. The van der Waals surface area contributed by atoms with Gasteiger partial charge in [-0.3, -0.25) is 0 Å². The number of aliphatic hydroxyl groups is 1. The van der Waals surface area contributed by atoms with Crippen molar-refractivity contribution >= 4 is 38.0 Å². The minimum Gasteiger partial charge on any atom is -0.390 e. The molecule has 0 saturated heterocycles. The first kappa shape index (κ1) is 26.2. The summed E-state index contributed by atoms with van der Waals surface area (Å²) in [6, 6.07) is 0. The van der Waals surface area contributed by atoms with Crippen LogP contribution in [0.5, 0.6) is 0 Å². The van der Waals surface area contributed by atoms with Gasteiger partial charge in [0.05, 0.1) is 17.8 Å². The SMILES string of the molecule is [3H][B]SO[C@@H]1CC2=CC=C3C(CC[C@]4(C)C([C@H](C)CCCC(O)(CC)CC)=CCC34)[C@@]2(C)[C@@H](OS[B][3H])C1. The Morgan fingerprint density at radius 3 is 2.67 bits per heavy atom. The second-order valence-corrected chi connectivity index (χ2v) is 13.0. The number of hydrogen-bond acceptors (Lipinski definition) is 5. The summed E-state index contributed by atoms with van der Waals surface area (Å²) < 4.78 is 27.1. The average Bonchev–Trinajstić information content (AvgIpc) is 3.27. The molecule has 7 atom stereocenters. The molecule has 2 unspecified atom stereocenters. The van der Waals surface area contributed by atoms with Gasteiger partial charge >= 0.3 is 0 Å². The van der Waals surface area contributed by atoms with E-state index in [-0.39, 0.29) is 23.0 Å². The molecular formula is C29H46B2O3S2. The molecule has 2 saturated carbocycles. The Labute approximate surface area is 233 Å². The summed E-state index contributed by atoms with van der Waals surface area (Å²) in [5.74, 6) is 1.53. The normalized spacial score (nSPS) is 37.3. The van der Waals surface area contributed by atoms with Gasteiger partial charge < -0.3 is 13.5 Å². The van der Waals surface area contributed by atoms with Crippen LogP contribution in [0.4, 0.5) is 0 Å². The molecule has 0 aromatic heterocycles. The molecule has 0 aromatic carbocycles. The highest BCUT2D eigenvalue weighted by atomic mass is 32.2. The highest BCUT2D eigenvalue weighted by Crippen LogP contribution is 2.65. The van der Waals surface area contributed by atoms with E-state index < -0.39 is 5.60 Å². The molecule has 3 nitrogen and oxygen atoms in total. The summed E-state index contributed by atoms with van der Waals surface area (Å²) in [6.07, 6.45) is 17.2. The van der Waals surface area contributed by atoms with Gasteiger partial charge in [-0.25, -0.2) is 0 Å². The molecule has 0 amide bonds. The molecule has 4 aliphatic carbocycles. The molecule has 0 heterocycles. The smallest absolute Gasteiger partial charge is 0.209 e. The van der Waals surface area contributed by atoms with Crippen molar-refractivity contribution < 1.29 is 13.5 Å². The van der Waals surface area contributed by atoms with Crippen LogP contribution in [0.15, 0.2) is 34.9 Å². The van der Waals surface area contributed by atoms with Crippen molar-refractivity contribution in [2.45, 2.75) is 117 Å². The van der Waals surface area contributed by atoms with Gasteiger partial charge in [-0.15, -0.1) is 0 Å². The van der Waals surface area contributed by atoms with Gasteiger partial charge in [-0.05, 0) is 77.2 Å². The lowest BCUT2D eigenvalue weighted by molar-refractivity contribution is -0.0154. The topological polar surface area (TPSA) is 38.7 Å². The van der Waals surface area contributed by atoms with E-state index in [1.165, 1.54) is 26.2 Å². The first-order valence-electron chi connectivity index (χ1n) is 15.2. The number of allylic oxidation sites excluding steroid dienone is 5. The van der Waals surface area contributed by atoms with Crippen molar-refractivity contribution in [2.24, 2.45) is 28.6 Å². The van der Waals surface area contributed by atoms with Gasteiger partial charge in [-0.1, -0.05) is 99.8 Å². The third-order valence-corrected chi connectivity index (χ3v) is 11.5. The van der Waals surface area contributed by atoms with Crippen molar-refractivity contribution in [2.75, 3.05) is 0 Å². The lowest BCUT2D eigenvalue weighted by Crippen LogP contribution is -2.52. The van der Waals surface area contributed by atoms with Crippen LogP contribution in [0.1, 0.15) is 98.8 Å². The second kappa shape index (κ2) is 11.6. The highest BCUT2D eigenvalue weighted by molar-refractivity contribution is 8.16. The van der Waals surface area contributed by atoms with E-state index in [0.717, 1.165) is 81.6 Å². The quantitative estimate of drug-likeness (QED) is 0.156. The minimum atomic E-state index is -0.502. The summed E-state index contributed by atoms with van der Waals surface area (Å²) in [7, 11) is 2.52. The molecular weight excluding hydrogens is 482 g/mol. The molecule has 198 valence electrons. The summed E-state index contributed by atoms with van der Waals surface area (Å²) in [6.45, 7) is 11.5. The predicted octanol–water partition coefficient (Wildman–Crippen LogP) is 7.07. The first-order chi connectivity index (χ1) is 18.2. The first-order valence-corrected chi connectivity index (χ1v) is 15.7. The molecule has 0 bridgehead atoms. The monoisotopic (exact) mass is 532 g/mol. The van der Waals surface area contributed by atoms with Crippen molar-refractivity contribution in [3.8, 4) is 0 Å². The van der Waals surface area contributed by atoms with E-state index in [0.29, 0.717) is 17.8 Å². The zero-order valence-corrected chi connectivity index (χ0v) is 24.6. The summed E-state index contributed by atoms with van der Waals surface area (Å²) >= 11 is 2.23. The maximum absolute atomic E-state index is 10.8. The van der Waals surface area contributed by atoms with Crippen LogP contribution in [0.2, 0.25) is 0 Å². The van der Waals surface area contributed by atoms with E-state index >= 15 is 0 Å². The average molecular weight is 532 g/mol. The second-order valence-electron chi connectivity index (χ2n) is 12.3. The molecule has 0 spiro atoms. The molecule has 7 heteroatoms. The fraction of sp³-hybridized carbons (Fsp3) is 0.793. The lowest BCUT2D eigenvalue weighted by atomic mass is 9.49. The number of hydrogen-bond donors (Lipinski definition) is 1. The van der Waals surface area contributed by atoms with Gasteiger partial charge in [0.1, 0.15) is 0 Å². The van der Waals surface area contributed by atoms with Crippen molar-refractivity contribution in [1.82, 2.24) is 0 Å². The van der Waals surface area contributed by atoms with Crippen LogP contribution in [-0.2, 0) is 8.37 Å². The van der Waals surface area contributed by atoms with E-state index in [4.69, 9.17) is 11.0 Å². The van der Waals surface area contributed by atoms with Gasteiger partial charge in [0, 0.05) is 11.8 Å². The minimum absolute atomic E-state index is 0.0136. The summed E-state index contributed by atoms with van der Waals surface area (Å²) in [5, 5.41) is 10.8. The molecule has 0 aromatic rings. The molecule has 0 aliphatic heterocycles. The van der Waals surface area contributed by atoms with Crippen molar-refractivity contribution in [1.29, 1.82) is 2.67 Å². The Morgan fingerprint density at radius 1 is 1.19 bits per heavy atom. The predicted molar refractivity (Wildman–Crippen MR) is 158 cm³/mol.